The summed E-state index contributed by atoms with van der Waals surface area (Å²) in [6.45, 7) is 1.20. The third-order valence-electron chi connectivity index (χ3n) is 1.57. The van der Waals surface area contributed by atoms with E-state index in [0.29, 0.717) is 0 Å². The minimum absolute atomic E-state index is 0.0332. The van der Waals surface area contributed by atoms with Crippen molar-refractivity contribution in [2.75, 3.05) is 5.75 Å². The SMILES string of the molecule is CC(=O)CS(=O)(=O)c1ccc(F)cc1. The number of hydrogen-bond donors (Lipinski definition) is 0. The molecule has 0 radical (unpaired) electrons. The van der Waals surface area contributed by atoms with Crippen LogP contribution < -0.4 is 0 Å². The second kappa shape index (κ2) is 3.88. The standard InChI is InChI=1S/C9H9FO3S/c1-7(11)6-14(12,13)9-4-2-8(10)3-5-9/h2-5H,6H2,1H3. The summed E-state index contributed by atoms with van der Waals surface area (Å²) in [5, 5.41) is 0. The van der Waals surface area contributed by atoms with Crippen LogP contribution in [0.4, 0.5) is 4.39 Å². The van der Waals surface area contributed by atoms with Gasteiger partial charge in [-0.2, -0.15) is 0 Å². The fraction of sp³-hybridized carbons (Fsp3) is 0.222. The number of hydrogen-bond acceptors (Lipinski definition) is 3. The molecule has 0 aromatic heterocycles. The van der Waals surface area contributed by atoms with E-state index in [0.717, 1.165) is 24.3 Å². The van der Waals surface area contributed by atoms with Gasteiger partial charge in [0.2, 0.25) is 0 Å². The monoisotopic (exact) mass is 216 g/mol. The lowest BCUT2D eigenvalue weighted by atomic mass is 10.4. The molecule has 0 aliphatic carbocycles. The normalized spacial score (nSPS) is 11.3. The van der Waals surface area contributed by atoms with Gasteiger partial charge in [-0.15, -0.1) is 0 Å². The molecule has 0 unspecified atom stereocenters. The Morgan fingerprint density at radius 3 is 2.21 bits per heavy atom. The molecule has 0 aliphatic heterocycles. The number of benzene rings is 1. The van der Waals surface area contributed by atoms with Gasteiger partial charge in [0.15, 0.2) is 9.84 Å². The van der Waals surface area contributed by atoms with Crippen molar-refractivity contribution in [2.45, 2.75) is 11.8 Å². The highest BCUT2D eigenvalue weighted by molar-refractivity contribution is 7.92. The second-order valence-corrected chi connectivity index (χ2v) is 4.90. The number of halogens is 1. The molecule has 0 amide bonds. The van der Waals surface area contributed by atoms with Gasteiger partial charge in [0.1, 0.15) is 17.4 Å². The minimum Gasteiger partial charge on any atom is -0.299 e. The van der Waals surface area contributed by atoms with Gasteiger partial charge in [-0.25, -0.2) is 12.8 Å². The Balaban J connectivity index is 3.05. The lowest BCUT2D eigenvalue weighted by Crippen LogP contribution is -2.13. The summed E-state index contributed by atoms with van der Waals surface area (Å²) in [6, 6.07) is 4.39. The fourth-order valence-corrected chi connectivity index (χ4v) is 2.25. The summed E-state index contributed by atoms with van der Waals surface area (Å²) >= 11 is 0. The molecule has 0 saturated heterocycles. The fourth-order valence-electron chi connectivity index (χ4n) is 0.993. The molecule has 1 aromatic carbocycles. The molecule has 0 atom stereocenters. The van der Waals surface area contributed by atoms with Crippen molar-refractivity contribution in [3.05, 3.63) is 30.1 Å². The van der Waals surface area contributed by atoms with E-state index < -0.39 is 27.2 Å². The summed E-state index contributed by atoms with van der Waals surface area (Å²) in [6.07, 6.45) is 0. The maximum atomic E-state index is 12.5. The van der Waals surface area contributed by atoms with E-state index >= 15 is 0 Å². The van der Waals surface area contributed by atoms with Gasteiger partial charge < -0.3 is 0 Å². The molecule has 5 heteroatoms. The maximum absolute atomic E-state index is 12.5. The summed E-state index contributed by atoms with van der Waals surface area (Å²) in [5.74, 6) is -1.49. The van der Waals surface area contributed by atoms with Gasteiger partial charge >= 0.3 is 0 Å². The van der Waals surface area contributed by atoms with Gasteiger partial charge in [-0.05, 0) is 31.2 Å². The predicted octanol–water partition coefficient (Wildman–Crippen LogP) is 1.19. The van der Waals surface area contributed by atoms with Crippen LogP contribution in [0, 0.1) is 5.82 Å². The third-order valence-corrected chi connectivity index (χ3v) is 3.34. The number of sulfone groups is 1. The van der Waals surface area contributed by atoms with E-state index in [1.807, 2.05) is 0 Å². The highest BCUT2D eigenvalue weighted by Crippen LogP contribution is 2.11. The Bertz CT molecular complexity index is 434. The first-order valence-electron chi connectivity index (χ1n) is 3.89. The molecule has 0 aliphatic rings. The van der Waals surface area contributed by atoms with Crippen LogP contribution in [0.5, 0.6) is 0 Å². The topological polar surface area (TPSA) is 51.2 Å². The first-order chi connectivity index (χ1) is 6.42. The summed E-state index contributed by atoms with van der Waals surface area (Å²) in [5.41, 5.74) is 0. The van der Waals surface area contributed by atoms with E-state index in [-0.39, 0.29) is 4.90 Å². The van der Waals surface area contributed by atoms with Crippen LogP contribution in [-0.2, 0) is 14.6 Å². The van der Waals surface area contributed by atoms with Gasteiger partial charge in [0.25, 0.3) is 0 Å². The van der Waals surface area contributed by atoms with Gasteiger partial charge in [0, 0.05) is 0 Å². The molecule has 0 heterocycles. The van der Waals surface area contributed by atoms with Crippen molar-refractivity contribution >= 4 is 15.6 Å². The lowest BCUT2D eigenvalue weighted by Gasteiger charge is -2.00. The van der Waals surface area contributed by atoms with Crippen LogP contribution in [0.1, 0.15) is 6.92 Å². The zero-order chi connectivity index (χ0) is 10.8. The number of rotatable bonds is 3. The number of ketones is 1. The van der Waals surface area contributed by atoms with Crippen LogP contribution in [0.15, 0.2) is 29.2 Å². The highest BCUT2D eigenvalue weighted by atomic mass is 32.2. The van der Waals surface area contributed by atoms with Crippen molar-refractivity contribution in [2.24, 2.45) is 0 Å². The molecule has 76 valence electrons. The summed E-state index contributed by atoms with van der Waals surface area (Å²) < 4.78 is 35.3. The molecule has 0 spiro atoms. The Hall–Kier alpha value is -1.23. The van der Waals surface area contributed by atoms with Crippen molar-refractivity contribution < 1.29 is 17.6 Å². The first kappa shape index (κ1) is 10.8. The van der Waals surface area contributed by atoms with Gasteiger partial charge in [0.05, 0.1) is 4.90 Å². The Kier molecular flexibility index (Phi) is 3.00. The molecule has 0 fully saturated rings. The molecule has 0 N–H and O–H groups in total. The number of Topliss-reactive ketones (excluding diaryl/α,β-unsaturated/α-hetero) is 1. The van der Waals surface area contributed by atoms with Crippen molar-refractivity contribution in [3.8, 4) is 0 Å². The average Bonchev–Trinajstić information content (AvgIpc) is 2.02. The van der Waals surface area contributed by atoms with E-state index in [9.17, 15) is 17.6 Å². The van der Waals surface area contributed by atoms with E-state index in [4.69, 9.17) is 0 Å². The Labute approximate surface area is 81.5 Å². The van der Waals surface area contributed by atoms with Crippen LogP contribution >= 0.6 is 0 Å². The van der Waals surface area contributed by atoms with Crippen LogP contribution in [0.25, 0.3) is 0 Å². The summed E-state index contributed by atoms with van der Waals surface area (Å²) in [4.78, 5) is 10.6. The average molecular weight is 216 g/mol. The van der Waals surface area contributed by atoms with E-state index in [2.05, 4.69) is 0 Å². The number of carbonyl (C=O) groups is 1. The molecule has 0 bridgehead atoms. The molecule has 1 rings (SSSR count). The zero-order valence-electron chi connectivity index (χ0n) is 7.53. The quantitative estimate of drug-likeness (QED) is 0.713. The predicted molar refractivity (Wildman–Crippen MR) is 49.1 cm³/mol. The van der Waals surface area contributed by atoms with E-state index in [1.54, 1.807) is 0 Å². The molecule has 0 saturated carbocycles. The van der Waals surface area contributed by atoms with Gasteiger partial charge in [-0.1, -0.05) is 0 Å². The lowest BCUT2D eigenvalue weighted by molar-refractivity contribution is -0.114. The largest absolute Gasteiger partial charge is 0.299 e. The molecule has 14 heavy (non-hydrogen) atoms. The molecule has 3 nitrogen and oxygen atoms in total. The van der Waals surface area contributed by atoms with Crippen molar-refractivity contribution in [1.82, 2.24) is 0 Å². The first-order valence-corrected chi connectivity index (χ1v) is 5.55. The second-order valence-electron chi connectivity index (χ2n) is 2.92. The minimum atomic E-state index is -3.59. The van der Waals surface area contributed by atoms with Crippen molar-refractivity contribution in [1.29, 1.82) is 0 Å². The molecule has 1 aromatic rings. The van der Waals surface area contributed by atoms with Gasteiger partial charge in [-0.3, -0.25) is 4.79 Å². The maximum Gasteiger partial charge on any atom is 0.185 e. The number of carbonyl (C=O) groups excluding carboxylic acids is 1. The highest BCUT2D eigenvalue weighted by Gasteiger charge is 2.16. The van der Waals surface area contributed by atoms with Crippen molar-refractivity contribution in [3.63, 3.8) is 0 Å². The van der Waals surface area contributed by atoms with Crippen LogP contribution in [-0.4, -0.2) is 20.0 Å². The zero-order valence-corrected chi connectivity index (χ0v) is 8.34. The van der Waals surface area contributed by atoms with Crippen LogP contribution in [0.2, 0.25) is 0 Å². The van der Waals surface area contributed by atoms with Crippen LogP contribution in [0.3, 0.4) is 0 Å². The Morgan fingerprint density at radius 2 is 1.79 bits per heavy atom. The Morgan fingerprint density at radius 1 is 1.29 bits per heavy atom. The molecular formula is C9H9FO3S. The van der Waals surface area contributed by atoms with E-state index in [1.165, 1.54) is 6.92 Å². The third kappa shape index (κ3) is 2.63. The summed E-state index contributed by atoms with van der Waals surface area (Å²) in [7, 11) is -3.59. The smallest absolute Gasteiger partial charge is 0.185 e. The molecular weight excluding hydrogens is 207 g/mol.